The third kappa shape index (κ3) is 4.79. The molecule has 1 aromatic rings. The number of esters is 1. The van der Waals surface area contributed by atoms with Gasteiger partial charge in [-0.3, -0.25) is 4.79 Å². The highest BCUT2D eigenvalue weighted by Crippen LogP contribution is 2.33. The Morgan fingerprint density at radius 2 is 1.71 bits per heavy atom. The standard InChI is InChI=1S/C15H17ClO5/c1-4-20-13-9-14(21-5-2)11(16)8-10(13)12(17)6-7-15(18)19-3/h6-9H,4-5H2,1-3H3/b7-6+. The van der Waals surface area contributed by atoms with Crippen molar-refractivity contribution in [2.24, 2.45) is 0 Å². The van der Waals surface area contributed by atoms with Gasteiger partial charge in [0.15, 0.2) is 5.78 Å². The summed E-state index contributed by atoms with van der Waals surface area (Å²) in [6.07, 6.45) is 2.16. The smallest absolute Gasteiger partial charge is 0.330 e. The quantitative estimate of drug-likeness (QED) is 0.440. The summed E-state index contributed by atoms with van der Waals surface area (Å²) < 4.78 is 15.2. The van der Waals surface area contributed by atoms with Crippen LogP contribution in [0.3, 0.4) is 0 Å². The van der Waals surface area contributed by atoms with Gasteiger partial charge in [0.1, 0.15) is 11.5 Å². The topological polar surface area (TPSA) is 61.8 Å². The van der Waals surface area contributed by atoms with E-state index in [-0.39, 0.29) is 5.56 Å². The molecule has 6 heteroatoms. The van der Waals surface area contributed by atoms with Gasteiger partial charge < -0.3 is 14.2 Å². The molecule has 114 valence electrons. The molecule has 21 heavy (non-hydrogen) atoms. The van der Waals surface area contributed by atoms with E-state index < -0.39 is 11.8 Å². The van der Waals surface area contributed by atoms with Gasteiger partial charge >= 0.3 is 5.97 Å². The first-order valence-electron chi connectivity index (χ1n) is 6.42. The fourth-order valence-electron chi connectivity index (χ4n) is 1.57. The van der Waals surface area contributed by atoms with Crippen LogP contribution in [0.1, 0.15) is 24.2 Å². The molecule has 0 atom stereocenters. The molecule has 0 amide bonds. The first-order chi connectivity index (χ1) is 10.0. The molecular weight excluding hydrogens is 296 g/mol. The summed E-state index contributed by atoms with van der Waals surface area (Å²) >= 11 is 6.07. The average Bonchev–Trinajstić information content (AvgIpc) is 2.47. The Morgan fingerprint density at radius 3 is 2.29 bits per heavy atom. The molecule has 0 N–H and O–H groups in total. The van der Waals surface area contributed by atoms with E-state index in [0.29, 0.717) is 29.7 Å². The third-order valence-electron chi connectivity index (χ3n) is 2.47. The summed E-state index contributed by atoms with van der Waals surface area (Å²) in [5.74, 6) is -0.229. The number of benzene rings is 1. The van der Waals surface area contributed by atoms with Crippen LogP contribution in [0.15, 0.2) is 24.3 Å². The van der Waals surface area contributed by atoms with Gasteiger partial charge in [-0.1, -0.05) is 11.6 Å². The van der Waals surface area contributed by atoms with E-state index >= 15 is 0 Å². The Labute approximate surface area is 128 Å². The summed E-state index contributed by atoms with van der Waals surface area (Å²) in [5.41, 5.74) is 0.255. The molecule has 0 fully saturated rings. The second-order valence-corrected chi connectivity index (χ2v) is 4.27. The van der Waals surface area contributed by atoms with Gasteiger partial charge in [0.25, 0.3) is 0 Å². The maximum absolute atomic E-state index is 12.1. The number of allylic oxidation sites excluding steroid dienone is 1. The zero-order valence-corrected chi connectivity index (χ0v) is 12.9. The van der Waals surface area contributed by atoms with Gasteiger partial charge in [0, 0.05) is 12.1 Å². The molecule has 0 saturated heterocycles. The largest absolute Gasteiger partial charge is 0.493 e. The van der Waals surface area contributed by atoms with E-state index in [0.717, 1.165) is 12.2 Å². The molecule has 5 nitrogen and oxygen atoms in total. The van der Waals surface area contributed by atoms with Gasteiger partial charge in [-0.15, -0.1) is 0 Å². The van der Waals surface area contributed by atoms with Crippen molar-refractivity contribution in [1.82, 2.24) is 0 Å². The van der Waals surface area contributed by atoms with Crippen LogP contribution in [0.25, 0.3) is 0 Å². The average molecular weight is 313 g/mol. The van der Waals surface area contributed by atoms with Crippen molar-refractivity contribution in [2.75, 3.05) is 20.3 Å². The molecule has 0 aliphatic carbocycles. The normalized spacial score (nSPS) is 10.5. The number of hydrogen-bond acceptors (Lipinski definition) is 5. The molecule has 0 aromatic heterocycles. The summed E-state index contributed by atoms with van der Waals surface area (Å²) in [6, 6.07) is 3.02. The van der Waals surface area contributed by atoms with Crippen molar-refractivity contribution in [3.05, 3.63) is 34.9 Å². The van der Waals surface area contributed by atoms with Crippen molar-refractivity contribution in [2.45, 2.75) is 13.8 Å². The fourth-order valence-corrected chi connectivity index (χ4v) is 1.79. The summed E-state index contributed by atoms with van der Waals surface area (Å²) in [5, 5.41) is 0.301. The number of carbonyl (C=O) groups is 2. The SMILES string of the molecule is CCOc1cc(OCC)c(C(=O)/C=C/C(=O)OC)cc1Cl. The molecule has 0 saturated carbocycles. The van der Waals surface area contributed by atoms with Crippen LogP contribution in [-0.2, 0) is 9.53 Å². The molecule has 1 aromatic carbocycles. The van der Waals surface area contributed by atoms with Crippen LogP contribution in [0, 0.1) is 0 Å². The maximum Gasteiger partial charge on any atom is 0.330 e. The predicted molar refractivity (Wildman–Crippen MR) is 79.3 cm³/mol. The number of ether oxygens (including phenoxy) is 3. The van der Waals surface area contributed by atoms with Crippen LogP contribution in [0.2, 0.25) is 5.02 Å². The highest BCUT2D eigenvalue weighted by Gasteiger charge is 2.15. The van der Waals surface area contributed by atoms with Crippen molar-refractivity contribution >= 4 is 23.4 Å². The van der Waals surface area contributed by atoms with Crippen molar-refractivity contribution in [3.8, 4) is 11.5 Å². The number of halogens is 1. The molecule has 0 aliphatic rings. The zero-order valence-electron chi connectivity index (χ0n) is 12.1. The van der Waals surface area contributed by atoms with E-state index in [2.05, 4.69) is 4.74 Å². The van der Waals surface area contributed by atoms with Gasteiger partial charge in [-0.25, -0.2) is 4.79 Å². The van der Waals surface area contributed by atoms with Crippen LogP contribution in [0.5, 0.6) is 11.5 Å². The highest BCUT2D eigenvalue weighted by atomic mass is 35.5. The van der Waals surface area contributed by atoms with Gasteiger partial charge in [0.05, 0.1) is 30.9 Å². The van der Waals surface area contributed by atoms with Gasteiger partial charge in [-0.05, 0) is 26.0 Å². The zero-order chi connectivity index (χ0) is 15.8. The first-order valence-corrected chi connectivity index (χ1v) is 6.80. The first kappa shape index (κ1) is 17.0. The molecule has 0 radical (unpaired) electrons. The Balaban J connectivity index is 3.15. The minimum Gasteiger partial charge on any atom is -0.493 e. The Morgan fingerprint density at radius 1 is 1.10 bits per heavy atom. The lowest BCUT2D eigenvalue weighted by Crippen LogP contribution is -2.04. The fraction of sp³-hybridized carbons (Fsp3) is 0.333. The monoisotopic (exact) mass is 312 g/mol. The molecule has 0 heterocycles. The van der Waals surface area contributed by atoms with E-state index in [1.165, 1.54) is 13.2 Å². The molecule has 0 bridgehead atoms. The summed E-state index contributed by atoms with van der Waals surface area (Å²) in [4.78, 5) is 23.1. The molecular formula is C15H17ClO5. The Bertz CT molecular complexity index is 551. The van der Waals surface area contributed by atoms with Crippen LogP contribution < -0.4 is 9.47 Å². The number of rotatable bonds is 7. The second-order valence-electron chi connectivity index (χ2n) is 3.87. The molecule has 0 spiro atoms. The molecule has 1 rings (SSSR count). The number of hydrogen-bond donors (Lipinski definition) is 0. The van der Waals surface area contributed by atoms with E-state index in [1.54, 1.807) is 13.0 Å². The Hall–Kier alpha value is -2.01. The molecule has 0 aliphatic heterocycles. The number of ketones is 1. The van der Waals surface area contributed by atoms with E-state index in [4.69, 9.17) is 21.1 Å². The van der Waals surface area contributed by atoms with Crippen LogP contribution >= 0.6 is 11.6 Å². The van der Waals surface area contributed by atoms with E-state index in [1.807, 2.05) is 6.92 Å². The van der Waals surface area contributed by atoms with Crippen molar-refractivity contribution in [3.63, 3.8) is 0 Å². The van der Waals surface area contributed by atoms with E-state index in [9.17, 15) is 9.59 Å². The van der Waals surface area contributed by atoms with Crippen molar-refractivity contribution in [1.29, 1.82) is 0 Å². The lowest BCUT2D eigenvalue weighted by Gasteiger charge is -2.12. The minimum atomic E-state index is -0.613. The van der Waals surface area contributed by atoms with Crippen molar-refractivity contribution < 1.29 is 23.8 Å². The lowest BCUT2D eigenvalue weighted by molar-refractivity contribution is -0.134. The predicted octanol–water partition coefficient (Wildman–Crippen LogP) is 3.05. The Kier molecular flexibility index (Phi) is 6.75. The second kappa shape index (κ2) is 8.32. The minimum absolute atomic E-state index is 0.255. The highest BCUT2D eigenvalue weighted by molar-refractivity contribution is 6.32. The van der Waals surface area contributed by atoms with Crippen LogP contribution in [-0.4, -0.2) is 32.1 Å². The third-order valence-corrected chi connectivity index (χ3v) is 2.77. The maximum atomic E-state index is 12.1. The molecule has 0 unspecified atom stereocenters. The number of carbonyl (C=O) groups excluding carboxylic acids is 2. The summed E-state index contributed by atoms with van der Waals surface area (Å²) in [7, 11) is 1.23. The summed E-state index contributed by atoms with van der Waals surface area (Å²) in [6.45, 7) is 4.46. The van der Waals surface area contributed by atoms with Gasteiger partial charge in [0.2, 0.25) is 0 Å². The number of methoxy groups -OCH3 is 1. The lowest BCUT2D eigenvalue weighted by atomic mass is 10.1. The van der Waals surface area contributed by atoms with Gasteiger partial charge in [-0.2, -0.15) is 0 Å². The van der Waals surface area contributed by atoms with Crippen LogP contribution in [0.4, 0.5) is 0 Å².